The molecular weight excluding hydrogens is 368 g/mol. The van der Waals surface area contributed by atoms with Crippen molar-refractivity contribution >= 4 is 5.97 Å². The Morgan fingerprint density at radius 2 is 1.50 bits per heavy atom. The molecule has 0 aliphatic carbocycles. The van der Waals surface area contributed by atoms with Gasteiger partial charge in [0.1, 0.15) is 42.0 Å². The molecule has 5 atom stereocenters. The molecule has 3 rings (SSSR count). The Morgan fingerprint density at radius 3 is 2.04 bits per heavy atom. The van der Waals surface area contributed by atoms with E-state index in [2.05, 4.69) is 4.74 Å². The van der Waals surface area contributed by atoms with Crippen molar-refractivity contribution in [2.24, 2.45) is 0 Å². The Hall–Kier alpha value is -2.49. The fourth-order valence-corrected chi connectivity index (χ4v) is 3.02. The van der Waals surface area contributed by atoms with Gasteiger partial charge in [0.25, 0.3) is 0 Å². The highest BCUT2D eigenvalue weighted by molar-refractivity contribution is 5.89. The molecule has 0 aromatic heterocycles. The highest BCUT2D eigenvalue weighted by Crippen LogP contribution is 2.33. The minimum Gasteiger partial charge on any atom is -0.465 e. The second-order valence-electron chi connectivity index (χ2n) is 6.44. The van der Waals surface area contributed by atoms with Gasteiger partial charge in [-0.1, -0.05) is 12.1 Å². The van der Waals surface area contributed by atoms with Gasteiger partial charge < -0.3 is 34.6 Å². The zero-order chi connectivity index (χ0) is 20.3. The monoisotopic (exact) mass is 390 g/mol. The van der Waals surface area contributed by atoms with Crippen LogP contribution in [0.3, 0.4) is 0 Å². The van der Waals surface area contributed by atoms with E-state index < -0.39 is 43.1 Å². The number of rotatable bonds is 5. The number of esters is 1. The molecule has 1 aliphatic rings. The van der Waals surface area contributed by atoms with Gasteiger partial charge in [-0.2, -0.15) is 0 Å². The second-order valence-corrected chi connectivity index (χ2v) is 6.44. The molecule has 0 spiro atoms. The Balaban J connectivity index is 1.70. The first-order valence-electron chi connectivity index (χ1n) is 8.71. The van der Waals surface area contributed by atoms with Crippen LogP contribution in [0.15, 0.2) is 48.5 Å². The zero-order valence-electron chi connectivity index (χ0n) is 15.1. The van der Waals surface area contributed by atoms with Crippen LogP contribution in [0.4, 0.5) is 0 Å². The van der Waals surface area contributed by atoms with Crippen LogP contribution in [0, 0.1) is 0 Å². The molecule has 1 aliphatic heterocycles. The van der Waals surface area contributed by atoms with Crippen molar-refractivity contribution in [2.45, 2.75) is 30.5 Å². The largest absolute Gasteiger partial charge is 0.465 e. The molecule has 150 valence electrons. The fraction of sp³-hybridized carbons (Fsp3) is 0.350. The third kappa shape index (κ3) is 4.16. The van der Waals surface area contributed by atoms with Crippen LogP contribution < -0.4 is 4.74 Å². The number of methoxy groups -OCH3 is 1. The van der Waals surface area contributed by atoms with E-state index in [1.54, 1.807) is 48.5 Å². The van der Waals surface area contributed by atoms with Gasteiger partial charge in [0.2, 0.25) is 0 Å². The Morgan fingerprint density at radius 1 is 0.929 bits per heavy atom. The van der Waals surface area contributed by atoms with Crippen LogP contribution in [0.25, 0.3) is 0 Å². The van der Waals surface area contributed by atoms with Gasteiger partial charge in [-0.25, -0.2) is 4.79 Å². The molecule has 0 saturated carbocycles. The lowest BCUT2D eigenvalue weighted by Crippen LogP contribution is -2.55. The topological polar surface area (TPSA) is 126 Å². The Kier molecular flexibility index (Phi) is 6.28. The molecule has 1 saturated heterocycles. The SMILES string of the molecule is COC(=O)c1ccc(Oc2ccc([C@H]3O[C@H](CO)[C@@H](O)[C@H](O)[C@@H]3O)cc2)cc1. The standard InChI is InChI=1S/C20H22O8/c1-26-20(25)12-4-8-14(9-5-12)27-13-6-2-11(3-7-13)19-18(24)17(23)16(22)15(10-21)28-19/h2-9,15-19,21-24H,10H2,1H3/t15-,16-,17+,18+,19-/m1/s1. The lowest BCUT2D eigenvalue weighted by molar-refractivity contribution is -0.231. The maximum Gasteiger partial charge on any atom is 0.337 e. The smallest absolute Gasteiger partial charge is 0.337 e. The first-order chi connectivity index (χ1) is 13.4. The van der Waals surface area contributed by atoms with Crippen molar-refractivity contribution in [3.63, 3.8) is 0 Å². The molecule has 1 heterocycles. The minimum absolute atomic E-state index is 0.410. The number of aliphatic hydroxyl groups is 4. The van der Waals surface area contributed by atoms with Gasteiger partial charge in [-0.15, -0.1) is 0 Å². The molecule has 0 amide bonds. The van der Waals surface area contributed by atoms with Gasteiger partial charge >= 0.3 is 5.97 Å². The van der Waals surface area contributed by atoms with Crippen molar-refractivity contribution in [3.8, 4) is 11.5 Å². The van der Waals surface area contributed by atoms with Crippen LogP contribution in [0.2, 0.25) is 0 Å². The molecule has 2 aromatic carbocycles. The summed E-state index contributed by atoms with van der Waals surface area (Å²) in [5, 5.41) is 39.2. The molecule has 0 unspecified atom stereocenters. The summed E-state index contributed by atoms with van der Waals surface area (Å²) in [4.78, 5) is 11.4. The van der Waals surface area contributed by atoms with Crippen LogP contribution in [-0.4, -0.2) is 64.5 Å². The summed E-state index contributed by atoms with van der Waals surface area (Å²) in [5.41, 5.74) is 0.970. The van der Waals surface area contributed by atoms with Crippen LogP contribution in [-0.2, 0) is 9.47 Å². The molecular formula is C20H22O8. The number of hydrogen-bond donors (Lipinski definition) is 4. The van der Waals surface area contributed by atoms with E-state index in [0.717, 1.165) is 0 Å². The molecule has 4 N–H and O–H groups in total. The van der Waals surface area contributed by atoms with E-state index in [0.29, 0.717) is 22.6 Å². The van der Waals surface area contributed by atoms with Crippen molar-refractivity contribution in [1.29, 1.82) is 0 Å². The summed E-state index contributed by atoms with van der Waals surface area (Å²) in [5.74, 6) is 0.600. The van der Waals surface area contributed by atoms with Crippen molar-refractivity contribution in [2.75, 3.05) is 13.7 Å². The molecule has 0 bridgehead atoms. The molecule has 0 radical (unpaired) electrons. The number of benzene rings is 2. The summed E-state index contributed by atoms with van der Waals surface area (Å²) in [6.07, 6.45) is -6.03. The van der Waals surface area contributed by atoms with E-state index in [9.17, 15) is 25.2 Å². The van der Waals surface area contributed by atoms with Crippen LogP contribution in [0.5, 0.6) is 11.5 Å². The lowest BCUT2D eigenvalue weighted by Gasteiger charge is -2.40. The maximum absolute atomic E-state index is 11.4. The summed E-state index contributed by atoms with van der Waals surface area (Å²) in [6.45, 7) is -0.482. The maximum atomic E-state index is 11.4. The quantitative estimate of drug-likeness (QED) is 0.552. The number of ether oxygens (including phenoxy) is 3. The predicted molar refractivity (Wildman–Crippen MR) is 97.0 cm³/mol. The highest BCUT2D eigenvalue weighted by Gasteiger charge is 2.43. The van der Waals surface area contributed by atoms with Gasteiger partial charge in [0, 0.05) is 0 Å². The van der Waals surface area contributed by atoms with Gasteiger partial charge in [0.15, 0.2) is 0 Å². The summed E-state index contributed by atoms with van der Waals surface area (Å²) in [7, 11) is 1.31. The average molecular weight is 390 g/mol. The number of aliphatic hydroxyl groups excluding tert-OH is 4. The van der Waals surface area contributed by atoms with Crippen molar-refractivity contribution < 1.29 is 39.4 Å². The Labute approximate surface area is 161 Å². The fourth-order valence-electron chi connectivity index (χ4n) is 3.02. The van der Waals surface area contributed by atoms with E-state index in [1.165, 1.54) is 7.11 Å². The Bertz CT molecular complexity index is 787. The average Bonchev–Trinajstić information content (AvgIpc) is 2.73. The second kappa shape index (κ2) is 8.68. The first-order valence-corrected chi connectivity index (χ1v) is 8.71. The van der Waals surface area contributed by atoms with Crippen molar-refractivity contribution in [3.05, 3.63) is 59.7 Å². The molecule has 8 nitrogen and oxygen atoms in total. The minimum atomic E-state index is -1.43. The van der Waals surface area contributed by atoms with Crippen LogP contribution in [0.1, 0.15) is 22.0 Å². The molecule has 1 fully saturated rings. The number of hydrogen-bond acceptors (Lipinski definition) is 8. The van der Waals surface area contributed by atoms with E-state index in [4.69, 9.17) is 9.47 Å². The molecule has 8 heteroatoms. The van der Waals surface area contributed by atoms with Crippen LogP contribution >= 0.6 is 0 Å². The van der Waals surface area contributed by atoms with Gasteiger partial charge in [-0.3, -0.25) is 0 Å². The lowest BCUT2D eigenvalue weighted by atomic mass is 9.91. The summed E-state index contributed by atoms with van der Waals surface area (Å²) < 4.78 is 15.9. The number of carbonyl (C=O) groups is 1. The third-order valence-electron chi connectivity index (χ3n) is 4.61. The number of carbonyl (C=O) groups excluding carboxylic acids is 1. The van der Waals surface area contributed by atoms with Crippen molar-refractivity contribution in [1.82, 2.24) is 0 Å². The zero-order valence-corrected chi connectivity index (χ0v) is 15.1. The summed E-state index contributed by atoms with van der Waals surface area (Å²) in [6, 6.07) is 13.1. The van der Waals surface area contributed by atoms with Gasteiger partial charge in [-0.05, 0) is 42.0 Å². The van der Waals surface area contributed by atoms with E-state index in [1.807, 2.05) is 0 Å². The van der Waals surface area contributed by atoms with E-state index in [-0.39, 0.29) is 0 Å². The predicted octanol–water partition coefficient (Wildman–Crippen LogP) is 0.780. The van der Waals surface area contributed by atoms with E-state index >= 15 is 0 Å². The summed E-state index contributed by atoms with van der Waals surface area (Å²) >= 11 is 0. The van der Waals surface area contributed by atoms with Gasteiger partial charge in [0.05, 0.1) is 19.3 Å². The highest BCUT2D eigenvalue weighted by atomic mass is 16.5. The third-order valence-corrected chi connectivity index (χ3v) is 4.61. The first kappa shape index (κ1) is 20.2. The molecule has 2 aromatic rings. The normalized spacial score (nSPS) is 27.2. The molecule has 28 heavy (non-hydrogen) atoms.